The van der Waals surface area contributed by atoms with E-state index in [-0.39, 0.29) is 23.5 Å². The van der Waals surface area contributed by atoms with E-state index in [4.69, 9.17) is 0 Å². The Morgan fingerprint density at radius 3 is 2.63 bits per heavy atom. The zero-order valence-electron chi connectivity index (χ0n) is 19.5. The van der Waals surface area contributed by atoms with E-state index in [1.54, 1.807) is 24.5 Å². The molecule has 10 heteroatoms. The summed E-state index contributed by atoms with van der Waals surface area (Å²) in [4.78, 5) is 44.5. The third-order valence-electron chi connectivity index (χ3n) is 7.78. The molecule has 10 nitrogen and oxygen atoms in total. The minimum atomic E-state index is -0.996. The molecule has 2 saturated heterocycles. The zero-order valence-corrected chi connectivity index (χ0v) is 19.5. The molecule has 3 N–H and O–H groups in total. The Labute approximate surface area is 203 Å². The normalized spacial score (nSPS) is 25.8. The highest BCUT2D eigenvalue weighted by Gasteiger charge is 2.40. The summed E-state index contributed by atoms with van der Waals surface area (Å²) in [7, 11) is 0. The second-order valence-electron chi connectivity index (χ2n) is 10.0. The second-order valence-corrected chi connectivity index (χ2v) is 10.0. The standard InChI is InChI=1S/C25H29N7O3/c33-23(32-10-9-16-6-7-17(13-32)28-16)15-5-8-19(26-11-15)30-25-27-12-18-21(31-25)20(14-3-1-2-4-14)22(29-18)24(34)35/h5,8,11-12,14,16-17,20,28H,1-4,6-7,9-10,13H2,(H,34,35)(H,26,27,30,31). The van der Waals surface area contributed by atoms with Crippen LogP contribution in [0.4, 0.5) is 17.5 Å². The monoisotopic (exact) mass is 475 g/mol. The number of hydrogen-bond acceptors (Lipinski definition) is 8. The molecule has 0 radical (unpaired) electrons. The van der Waals surface area contributed by atoms with Crippen LogP contribution in [0.5, 0.6) is 0 Å². The largest absolute Gasteiger partial charge is 0.477 e. The summed E-state index contributed by atoms with van der Waals surface area (Å²) in [6.07, 6.45) is 10.6. The first-order valence-electron chi connectivity index (χ1n) is 12.5. The van der Waals surface area contributed by atoms with Crippen LogP contribution in [0, 0.1) is 5.92 Å². The van der Waals surface area contributed by atoms with Gasteiger partial charge in [-0.05, 0) is 50.2 Å². The predicted octanol–water partition coefficient (Wildman–Crippen LogP) is 3.03. The van der Waals surface area contributed by atoms with Crippen LogP contribution in [0.25, 0.3) is 0 Å². The highest BCUT2D eigenvalue weighted by Crippen LogP contribution is 2.45. The Hall–Kier alpha value is -3.40. The number of carboxylic acid groups (broad SMARTS) is 1. The van der Waals surface area contributed by atoms with Crippen LogP contribution < -0.4 is 10.6 Å². The first-order valence-corrected chi connectivity index (χ1v) is 12.5. The summed E-state index contributed by atoms with van der Waals surface area (Å²) in [5.41, 5.74) is 1.92. The number of amides is 1. The van der Waals surface area contributed by atoms with Gasteiger partial charge in [0, 0.05) is 31.4 Å². The van der Waals surface area contributed by atoms with Gasteiger partial charge in [-0.15, -0.1) is 0 Å². The molecule has 2 aromatic rings. The summed E-state index contributed by atoms with van der Waals surface area (Å²) in [5.74, 6) is -0.196. The van der Waals surface area contributed by atoms with E-state index in [1.807, 2.05) is 4.90 Å². The Morgan fingerprint density at radius 2 is 1.86 bits per heavy atom. The van der Waals surface area contributed by atoms with Crippen molar-refractivity contribution in [3.63, 3.8) is 0 Å². The molecule has 0 aromatic carbocycles. The maximum Gasteiger partial charge on any atom is 0.350 e. The number of hydrogen-bond donors (Lipinski definition) is 3. The lowest BCUT2D eigenvalue weighted by atomic mass is 9.85. The number of aliphatic carboxylic acids is 1. The van der Waals surface area contributed by atoms with Gasteiger partial charge in [0.05, 0.1) is 23.4 Å². The SMILES string of the molecule is O=C(O)C1=Nc2cnc(Nc3ccc(C(=O)N4CCC5CCC(C4)N5)cn3)nc2C1C1CCCC1. The van der Waals surface area contributed by atoms with Crippen LogP contribution in [0.2, 0.25) is 0 Å². The van der Waals surface area contributed by atoms with Crippen molar-refractivity contribution in [2.75, 3.05) is 18.4 Å². The fourth-order valence-corrected chi connectivity index (χ4v) is 6.03. The number of nitrogens with one attached hydrogen (secondary N) is 2. The molecule has 3 atom stereocenters. The first kappa shape index (κ1) is 22.1. The van der Waals surface area contributed by atoms with Gasteiger partial charge in [-0.25, -0.2) is 24.7 Å². The van der Waals surface area contributed by atoms with Gasteiger partial charge < -0.3 is 20.6 Å². The average Bonchev–Trinajstić information content (AvgIpc) is 3.57. The first-order chi connectivity index (χ1) is 17.0. The molecule has 3 unspecified atom stereocenters. The summed E-state index contributed by atoms with van der Waals surface area (Å²) < 4.78 is 0. The van der Waals surface area contributed by atoms with Gasteiger partial charge in [0.2, 0.25) is 5.95 Å². The van der Waals surface area contributed by atoms with Crippen molar-refractivity contribution in [3.8, 4) is 0 Å². The number of likely N-dealkylation sites (tertiary alicyclic amines) is 1. The molecule has 3 aliphatic heterocycles. The van der Waals surface area contributed by atoms with Gasteiger partial charge >= 0.3 is 5.97 Å². The number of nitrogens with zero attached hydrogens (tertiary/aromatic N) is 5. The van der Waals surface area contributed by atoms with Gasteiger partial charge in [-0.2, -0.15) is 0 Å². The van der Waals surface area contributed by atoms with Crippen LogP contribution >= 0.6 is 0 Å². The smallest absolute Gasteiger partial charge is 0.350 e. The molecule has 6 rings (SSSR count). The van der Waals surface area contributed by atoms with Crippen molar-refractivity contribution in [3.05, 3.63) is 35.8 Å². The van der Waals surface area contributed by atoms with Crippen LogP contribution in [-0.4, -0.2) is 67.7 Å². The fraction of sp³-hybridized carbons (Fsp3) is 0.520. The minimum absolute atomic E-state index is 0.00457. The third-order valence-corrected chi connectivity index (χ3v) is 7.78. The maximum absolute atomic E-state index is 13.0. The number of fused-ring (bicyclic) bond motifs is 3. The minimum Gasteiger partial charge on any atom is -0.477 e. The summed E-state index contributed by atoms with van der Waals surface area (Å²) >= 11 is 0. The van der Waals surface area contributed by atoms with Gasteiger partial charge in [0.15, 0.2) is 0 Å². The maximum atomic E-state index is 13.0. The molecule has 3 fully saturated rings. The van der Waals surface area contributed by atoms with E-state index in [0.29, 0.717) is 40.8 Å². The van der Waals surface area contributed by atoms with Crippen molar-refractivity contribution < 1.29 is 14.7 Å². The summed E-state index contributed by atoms with van der Waals surface area (Å²) in [6.45, 7) is 1.50. The molecule has 2 aromatic heterocycles. The van der Waals surface area contributed by atoms with E-state index in [2.05, 4.69) is 30.6 Å². The predicted molar refractivity (Wildman–Crippen MR) is 129 cm³/mol. The van der Waals surface area contributed by atoms with Crippen molar-refractivity contribution in [1.29, 1.82) is 0 Å². The van der Waals surface area contributed by atoms with Crippen LogP contribution in [-0.2, 0) is 4.79 Å². The topological polar surface area (TPSA) is 133 Å². The third kappa shape index (κ3) is 4.27. The second kappa shape index (κ2) is 8.99. The highest BCUT2D eigenvalue weighted by molar-refractivity contribution is 6.39. The molecular weight excluding hydrogens is 446 g/mol. The van der Waals surface area contributed by atoms with E-state index in [9.17, 15) is 14.7 Å². The van der Waals surface area contributed by atoms with Crippen molar-refractivity contribution in [1.82, 2.24) is 25.2 Å². The Kier molecular flexibility index (Phi) is 5.68. The molecule has 0 spiro atoms. The number of anilines is 2. The molecule has 1 aliphatic carbocycles. The Morgan fingerprint density at radius 1 is 1.03 bits per heavy atom. The number of carbonyl (C=O) groups excluding carboxylic acids is 1. The number of rotatable bonds is 5. The van der Waals surface area contributed by atoms with E-state index in [1.165, 1.54) is 6.42 Å². The van der Waals surface area contributed by atoms with Crippen molar-refractivity contribution in [2.45, 2.75) is 62.9 Å². The quantitative estimate of drug-likeness (QED) is 0.601. The van der Waals surface area contributed by atoms with E-state index < -0.39 is 5.97 Å². The summed E-state index contributed by atoms with van der Waals surface area (Å²) in [5, 5.41) is 16.4. The van der Waals surface area contributed by atoms with Crippen LogP contribution in [0.3, 0.4) is 0 Å². The molecule has 182 valence electrons. The van der Waals surface area contributed by atoms with Gasteiger partial charge in [0.1, 0.15) is 17.2 Å². The molecule has 5 heterocycles. The van der Waals surface area contributed by atoms with Gasteiger partial charge in [-0.3, -0.25) is 4.79 Å². The number of carbonyl (C=O) groups is 2. The molecule has 2 bridgehead atoms. The number of aliphatic imine (C=N–C) groups is 1. The molecule has 1 saturated carbocycles. The van der Waals surface area contributed by atoms with Crippen LogP contribution in [0.1, 0.15) is 66.9 Å². The van der Waals surface area contributed by atoms with Gasteiger partial charge in [0.25, 0.3) is 5.91 Å². The van der Waals surface area contributed by atoms with Crippen LogP contribution in [0.15, 0.2) is 29.5 Å². The molecule has 1 amide bonds. The lowest BCUT2D eigenvalue weighted by Crippen LogP contribution is -2.39. The Balaban J connectivity index is 1.17. The van der Waals surface area contributed by atoms with Crippen molar-refractivity contribution >= 4 is 35.0 Å². The lowest BCUT2D eigenvalue weighted by molar-refractivity contribution is -0.129. The highest BCUT2D eigenvalue weighted by atomic mass is 16.4. The zero-order chi connectivity index (χ0) is 23.9. The van der Waals surface area contributed by atoms with E-state index >= 15 is 0 Å². The average molecular weight is 476 g/mol. The number of aromatic nitrogens is 3. The van der Waals surface area contributed by atoms with Crippen molar-refractivity contribution in [2.24, 2.45) is 10.9 Å². The molecule has 4 aliphatic rings. The number of pyridine rings is 1. The van der Waals surface area contributed by atoms with Gasteiger partial charge in [-0.1, -0.05) is 12.8 Å². The fourth-order valence-electron chi connectivity index (χ4n) is 6.03. The number of carboxylic acids is 1. The molecule has 35 heavy (non-hydrogen) atoms. The molecular formula is C25H29N7O3. The summed E-state index contributed by atoms with van der Waals surface area (Å²) in [6, 6.07) is 4.44. The lowest BCUT2D eigenvalue weighted by Gasteiger charge is -2.24. The van der Waals surface area contributed by atoms with E-state index in [0.717, 1.165) is 51.6 Å². The Bertz CT molecular complexity index is 1180.